The number of phenolic OH excluding ortho intramolecular Hbond substituents is 1. The predicted molar refractivity (Wildman–Crippen MR) is 96.5 cm³/mol. The van der Waals surface area contributed by atoms with E-state index >= 15 is 0 Å². The van der Waals surface area contributed by atoms with Crippen LogP contribution in [-0.4, -0.2) is 33.1 Å². The Morgan fingerprint density at radius 1 is 1.33 bits per heavy atom. The van der Waals surface area contributed by atoms with Gasteiger partial charge in [0.15, 0.2) is 0 Å². The molecule has 0 spiro atoms. The topological polar surface area (TPSA) is 70.8 Å². The summed E-state index contributed by atoms with van der Waals surface area (Å²) in [5, 5.41) is 10.1. The van der Waals surface area contributed by atoms with E-state index in [2.05, 4.69) is 0 Å². The van der Waals surface area contributed by atoms with Crippen LogP contribution in [0.15, 0.2) is 39.7 Å². The Labute approximate surface area is 148 Å². The molecule has 7 heteroatoms. The smallest absolute Gasteiger partial charge is 0.266 e. The lowest BCUT2D eigenvalue weighted by Crippen LogP contribution is -2.29. The van der Waals surface area contributed by atoms with Gasteiger partial charge < -0.3 is 14.3 Å². The van der Waals surface area contributed by atoms with Gasteiger partial charge in [0.2, 0.25) is 0 Å². The first kappa shape index (κ1) is 16.5. The number of rotatable bonds is 4. The molecular formula is C17H13NO4S2. The van der Waals surface area contributed by atoms with Crippen molar-refractivity contribution >= 4 is 46.6 Å². The standard InChI is InChI=1S/C17H13NO4S2/c1-10-3-2-4-12(15(10)20)13-6-5-11(22-13)9-14-16(21)18(7-8-19)17(23)24-14/h2-6,8-9,20H,7H2,1H3/b14-9-. The van der Waals surface area contributed by atoms with E-state index in [-0.39, 0.29) is 18.2 Å². The number of carbonyl (C=O) groups is 2. The van der Waals surface area contributed by atoms with E-state index in [9.17, 15) is 14.7 Å². The van der Waals surface area contributed by atoms with Gasteiger partial charge in [0.25, 0.3) is 5.91 Å². The van der Waals surface area contributed by atoms with E-state index in [0.29, 0.717) is 32.6 Å². The number of aldehydes is 1. The van der Waals surface area contributed by atoms with Crippen molar-refractivity contribution in [2.75, 3.05) is 6.54 Å². The third-order valence-electron chi connectivity index (χ3n) is 3.53. The molecule has 0 bridgehead atoms. The van der Waals surface area contributed by atoms with Crippen LogP contribution in [0.5, 0.6) is 5.75 Å². The summed E-state index contributed by atoms with van der Waals surface area (Å²) >= 11 is 6.22. The minimum atomic E-state index is -0.312. The highest BCUT2D eigenvalue weighted by Crippen LogP contribution is 2.35. The number of hydrogen-bond donors (Lipinski definition) is 1. The first-order chi connectivity index (χ1) is 11.5. The Kier molecular flexibility index (Phi) is 4.55. The maximum atomic E-state index is 12.2. The van der Waals surface area contributed by atoms with Crippen molar-refractivity contribution in [3.8, 4) is 17.1 Å². The largest absolute Gasteiger partial charge is 0.507 e. The highest BCUT2D eigenvalue weighted by molar-refractivity contribution is 8.26. The molecule has 3 rings (SSSR count). The van der Waals surface area contributed by atoms with Crippen LogP contribution in [-0.2, 0) is 9.59 Å². The molecule has 1 aromatic carbocycles. The number of thioether (sulfide) groups is 1. The molecular weight excluding hydrogens is 346 g/mol. The van der Waals surface area contributed by atoms with Gasteiger partial charge >= 0.3 is 0 Å². The van der Waals surface area contributed by atoms with E-state index in [1.165, 1.54) is 4.90 Å². The molecule has 0 aliphatic carbocycles. The van der Waals surface area contributed by atoms with Crippen LogP contribution in [0.3, 0.4) is 0 Å². The summed E-state index contributed by atoms with van der Waals surface area (Å²) in [4.78, 5) is 24.5. The van der Waals surface area contributed by atoms with Crippen molar-refractivity contribution < 1.29 is 19.1 Å². The number of phenols is 1. The minimum absolute atomic E-state index is 0.0530. The summed E-state index contributed by atoms with van der Waals surface area (Å²) in [5.74, 6) is 0.826. The fourth-order valence-electron chi connectivity index (χ4n) is 2.29. The number of furan rings is 1. The molecule has 1 fully saturated rings. The second-order valence-electron chi connectivity index (χ2n) is 5.13. The Hall–Kier alpha value is -2.38. The van der Waals surface area contributed by atoms with Crippen LogP contribution >= 0.6 is 24.0 Å². The first-order valence-corrected chi connectivity index (χ1v) is 8.31. The van der Waals surface area contributed by atoms with Gasteiger partial charge in [-0.25, -0.2) is 0 Å². The molecule has 24 heavy (non-hydrogen) atoms. The van der Waals surface area contributed by atoms with Gasteiger partial charge in [-0.15, -0.1) is 0 Å². The fraction of sp³-hybridized carbons (Fsp3) is 0.118. The van der Waals surface area contributed by atoms with E-state index < -0.39 is 0 Å². The second-order valence-corrected chi connectivity index (χ2v) is 6.81. The summed E-state index contributed by atoms with van der Waals surface area (Å²) in [7, 11) is 0. The second kappa shape index (κ2) is 6.62. The van der Waals surface area contributed by atoms with Crippen molar-refractivity contribution in [3.05, 3.63) is 46.6 Å². The molecule has 1 aromatic heterocycles. The minimum Gasteiger partial charge on any atom is -0.507 e. The van der Waals surface area contributed by atoms with Crippen LogP contribution in [0.1, 0.15) is 11.3 Å². The number of benzene rings is 1. The van der Waals surface area contributed by atoms with Gasteiger partial charge in [-0.05, 0) is 30.7 Å². The molecule has 1 amide bonds. The lowest BCUT2D eigenvalue weighted by atomic mass is 10.1. The zero-order valence-corrected chi connectivity index (χ0v) is 14.3. The summed E-state index contributed by atoms with van der Waals surface area (Å²) in [6.07, 6.45) is 2.22. The molecule has 2 heterocycles. The molecule has 0 saturated carbocycles. The lowest BCUT2D eigenvalue weighted by Gasteiger charge is -2.08. The van der Waals surface area contributed by atoms with Gasteiger partial charge in [-0.1, -0.05) is 36.1 Å². The molecule has 1 aliphatic heterocycles. The van der Waals surface area contributed by atoms with Gasteiger partial charge in [0.05, 0.1) is 17.0 Å². The molecule has 2 aromatic rings. The maximum absolute atomic E-state index is 12.2. The number of aromatic hydroxyl groups is 1. The Morgan fingerprint density at radius 2 is 2.12 bits per heavy atom. The summed E-state index contributed by atoms with van der Waals surface area (Å²) < 4.78 is 6.06. The number of carbonyl (C=O) groups excluding carboxylic acids is 2. The molecule has 1 aliphatic rings. The predicted octanol–water partition coefficient (Wildman–Crippen LogP) is 3.36. The van der Waals surface area contributed by atoms with Crippen molar-refractivity contribution in [2.45, 2.75) is 6.92 Å². The third kappa shape index (κ3) is 3.00. The Balaban J connectivity index is 1.89. The molecule has 122 valence electrons. The molecule has 5 nitrogen and oxygen atoms in total. The third-order valence-corrected chi connectivity index (χ3v) is 4.91. The zero-order chi connectivity index (χ0) is 17.3. The molecule has 0 radical (unpaired) electrons. The molecule has 0 unspecified atom stereocenters. The highest BCUT2D eigenvalue weighted by atomic mass is 32.2. The number of nitrogens with zero attached hydrogens (tertiary/aromatic N) is 1. The number of hydrogen-bond acceptors (Lipinski definition) is 6. The van der Waals surface area contributed by atoms with Crippen molar-refractivity contribution in [3.63, 3.8) is 0 Å². The fourth-order valence-corrected chi connectivity index (χ4v) is 3.55. The Morgan fingerprint density at radius 3 is 2.88 bits per heavy atom. The van der Waals surface area contributed by atoms with E-state index in [0.717, 1.165) is 17.3 Å². The van der Waals surface area contributed by atoms with Gasteiger partial charge in [0, 0.05) is 6.08 Å². The zero-order valence-electron chi connectivity index (χ0n) is 12.7. The van der Waals surface area contributed by atoms with Crippen LogP contribution < -0.4 is 0 Å². The summed E-state index contributed by atoms with van der Waals surface area (Å²) in [6.45, 7) is 1.75. The molecule has 1 N–H and O–H groups in total. The maximum Gasteiger partial charge on any atom is 0.266 e. The van der Waals surface area contributed by atoms with Crippen molar-refractivity contribution in [1.82, 2.24) is 4.90 Å². The van der Waals surface area contributed by atoms with Crippen LogP contribution in [0.25, 0.3) is 17.4 Å². The monoisotopic (exact) mass is 359 g/mol. The van der Waals surface area contributed by atoms with Gasteiger partial charge in [0.1, 0.15) is 27.9 Å². The van der Waals surface area contributed by atoms with Gasteiger partial charge in [-0.2, -0.15) is 0 Å². The van der Waals surface area contributed by atoms with Crippen molar-refractivity contribution in [2.24, 2.45) is 0 Å². The summed E-state index contributed by atoms with van der Waals surface area (Å²) in [5.41, 5.74) is 1.34. The average molecular weight is 359 g/mol. The molecule has 1 saturated heterocycles. The van der Waals surface area contributed by atoms with E-state index in [4.69, 9.17) is 16.6 Å². The van der Waals surface area contributed by atoms with Crippen LogP contribution in [0, 0.1) is 6.92 Å². The van der Waals surface area contributed by atoms with E-state index in [1.54, 1.807) is 37.3 Å². The lowest BCUT2D eigenvalue weighted by molar-refractivity contribution is -0.124. The number of thiocarbonyl (C=S) groups is 1. The SMILES string of the molecule is Cc1cccc(-c2ccc(/C=C3\SC(=S)N(CC=O)C3=O)o2)c1O. The normalized spacial score (nSPS) is 16.2. The van der Waals surface area contributed by atoms with Crippen LogP contribution in [0.4, 0.5) is 0 Å². The number of aryl methyl sites for hydroxylation is 1. The van der Waals surface area contributed by atoms with Gasteiger partial charge in [-0.3, -0.25) is 9.69 Å². The Bertz CT molecular complexity index is 869. The number of para-hydroxylation sites is 1. The average Bonchev–Trinajstić information content (AvgIpc) is 3.11. The molecule has 0 atom stereocenters. The van der Waals surface area contributed by atoms with Crippen molar-refractivity contribution in [1.29, 1.82) is 0 Å². The number of amides is 1. The van der Waals surface area contributed by atoms with Crippen LogP contribution in [0.2, 0.25) is 0 Å². The highest BCUT2D eigenvalue weighted by Gasteiger charge is 2.31. The quantitative estimate of drug-likeness (QED) is 0.513. The summed E-state index contributed by atoms with van der Waals surface area (Å²) in [6, 6.07) is 8.84. The van der Waals surface area contributed by atoms with E-state index in [1.807, 2.05) is 6.07 Å². The first-order valence-electron chi connectivity index (χ1n) is 7.09.